The summed E-state index contributed by atoms with van der Waals surface area (Å²) in [6.45, 7) is -0.486. The van der Waals surface area contributed by atoms with Crippen LogP contribution in [0.2, 0.25) is 15.1 Å². The molecule has 0 heterocycles. The second-order valence-corrected chi connectivity index (χ2v) is 9.58. The first kappa shape index (κ1) is 22.4. The van der Waals surface area contributed by atoms with Crippen molar-refractivity contribution < 1.29 is 13.2 Å². The van der Waals surface area contributed by atoms with Crippen LogP contribution in [-0.2, 0) is 14.8 Å². The van der Waals surface area contributed by atoms with E-state index in [2.05, 4.69) is 5.32 Å². The van der Waals surface area contributed by atoms with Crippen molar-refractivity contribution in [3.05, 3.63) is 81.8 Å². The maximum Gasteiger partial charge on any atom is 0.245 e. The van der Waals surface area contributed by atoms with Gasteiger partial charge in [-0.2, -0.15) is 0 Å². The van der Waals surface area contributed by atoms with E-state index < -0.39 is 22.5 Å². The van der Waals surface area contributed by atoms with Crippen LogP contribution in [0.3, 0.4) is 0 Å². The Bertz CT molecular complexity index is 1190. The number of hydrogen-bond donors (Lipinski definition) is 1. The van der Waals surface area contributed by atoms with Gasteiger partial charge in [0.15, 0.2) is 0 Å². The quantitative estimate of drug-likeness (QED) is 0.456. The van der Waals surface area contributed by atoms with Crippen LogP contribution in [0.25, 0.3) is 11.1 Å². The molecule has 1 N–H and O–H groups in total. The Hall–Kier alpha value is -2.25. The summed E-state index contributed by atoms with van der Waals surface area (Å²) in [6, 6.07) is 19.4. The molecule has 30 heavy (non-hydrogen) atoms. The van der Waals surface area contributed by atoms with Gasteiger partial charge in [0, 0.05) is 11.3 Å². The van der Waals surface area contributed by atoms with E-state index in [1.54, 1.807) is 12.1 Å². The maximum absolute atomic E-state index is 12.8. The number of rotatable bonds is 6. The van der Waals surface area contributed by atoms with Gasteiger partial charge in [0.1, 0.15) is 6.54 Å². The van der Waals surface area contributed by atoms with Gasteiger partial charge < -0.3 is 5.32 Å². The summed E-state index contributed by atoms with van der Waals surface area (Å²) in [7, 11) is -3.83. The van der Waals surface area contributed by atoms with Crippen LogP contribution in [0.5, 0.6) is 0 Å². The molecule has 0 unspecified atom stereocenters. The highest BCUT2D eigenvalue weighted by Crippen LogP contribution is 2.35. The molecule has 1 amide bonds. The van der Waals surface area contributed by atoms with Gasteiger partial charge in [0.05, 0.1) is 27.0 Å². The van der Waals surface area contributed by atoms with Crippen LogP contribution >= 0.6 is 34.8 Å². The highest BCUT2D eigenvalue weighted by Gasteiger charge is 2.24. The molecule has 0 aliphatic carbocycles. The van der Waals surface area contributed by atoms with Crippen molar-refractivity contribution in [1.29, 1.82) is 0 Å². The number of hydrogen-bond acceptors (Lipinski definition) is 3. The van der Waals surface area contributed by atoms with Crippen LogP contribution < -0.4 is 9.62 Å². The number of halogens is 3. The molecule has 0 bridgehead atoms. The van der Waals surface area contributed by atoms with Gasteiger partial charge in [-0.25, -0.2) is 8.42 Å². The molecule has 9 heteroatoms. The summed E-state index contributed by atoms with van der Waals surface area (Å²) in [5.41, 5.74) is 2.35. The number of nitrogens with zero attached hydrogens (tertiary/aromatic N) is 1. The van der Waals surface area contributed by atoms with E-state index in [4.69, 9.17) is 34.8 Å². The second kappa shape index (κ2) is 9.27. The molecular weight excluding hydrogens is 467 g/mol. The first-order valence-corrected chi connectivity index (χ1v) is 11.7. The Labute approximate surface area is 190 Å². The fourth-order valence-electron chi connectivity index (χ4n) is 2.87. The van der Waals surface area contributed by atoms with Crippen molar-refractivity contribution in [2.75, 3.05) is 22.4 Å². The van der Waals surface area contributed by atoms with Crippen LogP contribution in [0.15, 0.2) is 66.7 Å². The fraction of sp³-hybridized carbons (Fsp3) is 0.0952. The third-order valence-electron chi connectivity index (χ3n) is 4.23. The number of carbonyl (C=O) groups is 1. The number of anilines is 2. The maximum atomic E-state index is 12.8. The fourth-order valence-corrected chi connectivity index (χ4v) is 4.42. The van der Waals surface area contributed by atoms with Crippen molar-refractivity contribution in [2.24, 2.45) is 0 Å². The highest BCUT2D eigenvalue weighted by atomic mass is 35.5. The average Bonchev–Trinajstić information content (AvgIpc) is 2.69. The molecule has 5 nitrogen and oxygen atoms in total. The minimum Gasteiger partial charge on any atom is -0.324 e. The molecule has 0 aliphatic heterocycles. The summed E-state index contributed by atoms with van der Waals surface area (Å²) >= 11 is 18.1. The molecular formula is C21H17Cl3N2O3S. The molecule has 3 aromatic rings. The molecule has 0 spiro atoms. The minimum absolute atomic E-state index is 0.0623. The molecule has 0 aromatic heterocycles. The Morgan fingerprint density at radius 2 is 1.50 bits per heavy atom. The Morgan fingerprint density at radius 1 is 0.900 bits per heavy atom. The van der Waals surface area contributed by atoms with Crippen LogP contribution in [-0.4, -0.2) is 27.1 Å². The van der Waals surface area contributed by atoms with Crippen molar-refractivity contribution in [3.63, 3.8) is 0 Å². The smallest absolute Gasteiger partial charge is 0.245 e. The summed E-state index contributed by atoms with van der Waals surface area (Å²) in [5.74, 6) is -0.536. The lowest BCUT2D eigenvalue weighted by atomic mass is 10.0. The second-order valence-electron chi connectivity index (χ2n) is 6.45. The largest absolute Gasteiger partial charge is 0.324 e. The molecule has 156 valence electrons. The molecule has 0 saturated carbocycles. The molecule has 0 aliphatic rings. The summed E-state index contributed by atoms with van der Waals surface area (Å²) < 4.78 is 25.6. The van der Waals surface area contributed by atoms with Crippen molar-refractivity contribution in [1.82, 2.24) is 0 Å². The van der Waals surface area contributed by atoms with Gasteiger partial charge in [-0.3, -0.25) is 9.10 Å². The van der Waals surface area contributed by atoms with Gasteiger partial charge in [0.25, 0.3) is 0 Å². The topological polar surface area (TPSA) is 66.5 Å². The summed E-state index contributed by atoms with van der Waals surface area (Å²) in [4.78, 5) is 12.8. The minimum atomic E-state index is -3.83. The van der Waals surface area contributed by atoms with E-state index in [-0.39, 0.29) is 20.8 Å². The number of carbonyl (C=O) groups excluding carboxylic acids is 1. The summed E-state index contributed by atoms with van der Waals surface area (Å²) in [5, 5.41) is 3.15. The zero-order valence-electron chi connectivity index (χ0n) is 15.8. The third kappa shape index (κ3) is 5.26. The third-order valence-corrected chi connectivity index (χ3v) is 6.38. The number of sulfonamides is 1. The molecule has 0 saturated heterocycles. The lowest BCUT2D eigenvalue weighted by molar-refractivity contribution is -0.114. The predicted octanol–water partition coefficient (Wildman–Crippen LogP) is 5.72. The Balaban J connectivity index is 1.90. The van der Waals surface area contributed by atoms with Crippen molar-refractivity contribution >= 4 is 62.1 Å². The SMILES string of the molecule is CS(=O)(=O)N(CC(=O)Nc1ccccc1-c1ccccc1)c1cc(Cl)c(Cl)cc1Cl. The average molecular weight is 484 g/mol. The summed E-state index contributed by atoms with van der Waals surface area (Å²) in [6.07, 6.45) is 0.983. The first-order chi connectivity index (χ1) is 14.2. The molecule has 3 rings (SSSR count). The molecule has 3 aromatic carbocycles. The normalized spacial score (nSPS) is 11.2. The first-order valence-electron chi connectivity index (χ1n) is 8.73. The van der Waals surface area contributed by atoms with Gasteiger partial charge in [-0.05, 0) is 23.8 Å². The van der Waals surface area contributed by atoms with E-state index in [9.17, 15) is 13.2 Å². The lowest BCUT2D eigenvalue weighted by Gasteiger charge is -2.23. The van der Waals surface area contributed by atoms with E-state index in [0.29, 0.717) is 5.69 Å². The van der Waals surface area contributed by atoms with Gasteiger partial charge in [-0.1, -0.05) is 83.3 Å². The monoisotopic (exact) mass is 482 g/mol. The van der Waals surface area contributed by atoms with Crippen molar-refractivity contribution in [3.8, 4) is 11.1 Å². The zero-order chi connectivity index (χ0) is 21.9. The van der Waals surface area contributed by atoms with Crippen LogP contribution in [0.1, 0.15) is 0 Å². The predicted molar refractivity (Wildman–Crippen MR) is 124 cm³/mol. The highest BCUT2D eigenvalue weighted by molar-refractivity contribution is 7.92. The number of para-hydroxylation sites is 1. The number of amides is 1. The van der Waals surface area contributed by atoms with Gasteiger partial charge in [-0.15, -0.1) is 0 Å². The number of benzene rings is 3. The van der Waals surface area contributed by atoms with Gasteiger partial charge >= 0.3 is 0 Å². The van der Waals surface area contributed by atoms with E-state index in [0.717, 1.165) is 21.7 Å². The molecule has 0 radical (unpaired) electrons. The zero-order valence-corrected chi connectivity index (χ0v) is 18.9. The number of nitrogens with one attached hydrogen (secondary N) is 1. The Kier molecular flexibility index (Phi) is 6.93. The standard InChI is InChI=1S/C21H17Cl3N2O3S/c1-30(28,29)26(20-12-17(23)16(22)11-18(20)24)13-21(27)25-19-10-6-5-9-15(19)14-7-3-2-4-8-14/h2-12H,13H2,1H3,(H,25,27). The Morgan fingerprint density at radius 3 is 2.17 bits per heavy atom. The van der Waals surface area contributed by atoms with E-state index in [1.807, 2.05) is 42.5 Å². The van der Waals surface area contributed by atoms with E-state index in [1.165, 1.54) is 12.1 Å². The van der Waals surface area contributed by atoms with E-state index >= 15 is 0 Å². The molecule has 0 fully saturated rings. The van der Waals surface area contributed by atoms with Crippen LogP contribution in [0.4, 0.5) is 11.4 Å². The van der Waals surface area contributed by atoms with Crippen LogP contribution in [0, 0.1) is 0 Å². The van der Waals surface area contributed by atoms with Gasteiger partial charge in [0.2, 0.25) is 15.9 Å². The lowest BCUT2D eigenvalue weighted by Crippen LogP contribution is -2.37. The molecule has 0 atom stereocenters. The van der Waals surface area contributed by atoms with Crippen molar-refractivity contribution in [2.45, 2.75) is 0 Å².